The highest BCUT2D eigenvalue weighted by Gasteiger charge is 2.31. The van der Waals surface area contributed by atoms with Gasteiger partial charge in [-0.1, -0.05) is 0 Å². The van der Waals surface area contributed by atoms with Crippen LogP contribution in [0.1, 0.15) is 29.0 Å². The Morgan fingerprint density at radius 1 is 1.39 bits per heavy atom. The summed E-state index contributed by atoms with van der Waals surface area (Å²) in [7, 11) is -3.39. The molecular formula is C15H16BrN3O2S2. The van der Waals surface area contributed by atoms with Crippen molar-refractivity contribution in [2.24, 2.45) is 4.99 Å². The van der Waals surface area contributed by atoms with Gasteiger partial charge in [0.2, 0.25) is 0 Å². The van der Waals surface area contributed by atoms with Crippen molar-refractivity contribution in [3.05, 3.63) is 44.3 Å². The Labute approximate surface area is 148 Å². The molecule has 0 spiro atoms. The van der Waals surface area contributed by atoms with Gasteiger partial charge in [0.15, 0.2) is 5.84 Å². The topological polar surface area (TPSA) is 71.4 Å². The number of nitrogens with one attached hydrogen (secondary N) is 1. The Bertz CT molecular complexity index is 859. The zero-order valence-electron chi connectivity index (χ0n) is 12.5. The minimum atomic E-state index is -3.39. The van der Waals surface area contributed by atoms with Gasteiger partial charge in [0, 0.05) is 22.9 Å². The van der Waals surface area contributed by atoms with Crippen molar-refractivity contribution in [3.8, 4) is 0 Å². The van der Waals surface area contributed by atoms with Gasteiger partial charge >= 0.3 is 0 Å². The number of rotatable bonds is 5. The molecule has 23 heavy (non-hydrogen) atoms. The zero-order valence-corrected chi connectivity index (χ0v) is 15.8. The number of halogens is 1. The van der Waals surface area contributed by atoms with E-state index in [1.165, 1.54) is 16.9 Å². The van der Waals surface area contributed by atoms with Gasteiger partial charge in [-0.15, -0.1) is 11.3 Å². The van der Waals surface area contributed by atoms with Crippen LogP contribution in [-0.4, -0.2) is 25.8 Å². The molecule has 5 nitrogen and oxygen atoms in total. The van der Waals surface area contributed by atoms with Crippen molar-refractivity contribution in [3.63, 3.8) is 0 Å². The van der Waals surface area contributed by atoms with Crippen molar-refractivity contribution in [1.82, 2.24) is 9.71 Å². The second kappa shape index (κ2) is 6.70. The average Bonchev–Trinajstić information content (AvgIpc) is 3.05. The molecule has 0 saturated heterocycles. The van der Waals surface area contributed by atoms with E-state index < -0.39 is 10.0 Å². The Hall–Kier alpha value is -1.25. The fourth-order valence-electron chi connectivity index (χ4n) is 2.44. The largest absolute Gasteiger partial charge is 0.267 e. The molecule has 1 N–H and O–H groups in total. The van der Waals surface area contributed by atoms with E-state index in [-0.39, 0.29) is 0 Å². The lowest BCUT2D eigenvalue weighted by Crippen LogP contribution is -2.22. The molecule has 0 radical (unpaired) electrons. The minimum Gasteiger partial charge on any atom is -0.267 e. The molecule has 0 amide bonds. The maximum atomic E-state index is 11.9. The minimum absolute atomic E-state index is 0.343. The van der Waals surface area contributed by atoms with E-state index in [0.717, 1.165) is 34.3 Å². The number of thiophene rings is 1. The van der Waals surface area contributed by atoms with Crippen molar-refractivity contribution < 1.29 is 8.42 Å². The van der Waals surface area contributed by atoms with Gasteiger partial charge < -0.3 is 0 Å². The number of aromatic nitrogens is 1. The first-order valence-electron chi connectivity index (χ1n) is 7.23. The van der Waals surface area contributed by atoms with Crippen LogP contribution in [0.5, 0.6) is 0 Å². The number of unbranched alkanes of at least 4 members (excludes halogenated alkanes) is 1. The number of fused-ring (bicyclic) bond motifs is 1. The third kappa shape index (κ3) is 3.64. The Kier molecular flexibility index (Phi) is 4.84. The van der Waals surface area contributed by atoms with Gasteiger partial charge in [-0.05, 0) is 65.2 Å². The first-order valence-corrected chi connectivity index (χ1v) is 10.4. The second-order valence-electron chi connectivity index (χ2n) is 5.32. The third-order valence-electron chi connectivity index (χ3n) is 3.61. The van der Waals surface area contributed by atoms with E-state index in [9.17, 15) is 8.42 Å². The molecule has 3 rings (SSSR count). The molecule has 0 aromatic carbocycles. The lowest BCUT2D eigenvalue weighted by Gasteiger charge is -2.04. The smallest absolute Gasteiger partial charge is 0.264 e. The second-order valence-corrected chi connectivity index (χ2v) is 8.81. The molecular weight excluding hydrogens is 398 g/mol. The predicted octanol–water partition coefficient (Wildman–Crippen LogP) is 3.28. The molecule has 2 aromatic heterocycles. The van der Waals surface area contributed by atoms with Gasteiger partial charge in [-0.3, -0.25) is 14.7 Å². The monoisotopic (exact) mass is 413 g/mol. The van der Waals surface area contributed by atoms with Gasteiger partial charge in [-0.2, -0.15) is 0 Å². The van der Waals surface area contributed by atoms with E-state index in [1.54, 1.807) is 11.4 Å². The molecule has 122 valence electrons. The van der Waals surface area contributed by atoms with E-state index in [1.807, 2.05) is 6.20 Å². The highest BCUT2D eigenvalue weighted by Crippen LogP contribution is 2.27. The number of aryl methyl sites for hydroxylation is 2. The predicted molar refractivity (Wildman–Crippen MR) is 95.7 cm³/mol. The summed E-state index contributed by atoms with van der Waals surface area (Å²) in [5.41, 5.74) is 2.28. The number of hydrogen-bond acceptors (Lipinski definition) is 5. The summed E-state index contributed by atoms with van der Waals surface area (Å²) in [4.78, 5) is 9.89. The quantitative estimate of drug-likeness (QED) is 0.764. The van der Waals surface area contributed by atoms with Crippen LogP contribution >= 0.6 is 27.3 Å². The van der Waals surface area contributed by atoms with E-state index in [0.29, 0.717) is 17.3 Å². The molecule has 1 aliphatic rings. The van der Waals surface area contributed by atoms with Crippen molar-refractivity contribution in [2.75, 3.05) is 6.54 Å². The molecule has 0 saturated carbocycles. The lowest BCUT2D eigenvalue weighted by atomic mass is 10.1. The fourth-order valence-corrected chi connectivity index (χ4v) is 5.38. The summed E-state index contributed by atoms with van der Waals surface area (Å²) in [5.74, 6) is 0.480. The maximum Gasteiger partial charge on any atom is 0.264 e. The Morgan fingerprint density at radius 2 is 2.22 bits per heavy atom. The van der Waals surface area contributed by atoms with E-state index >= 15 is 0 Å². The van der Waals surface area contributed by atoms with Gasteiger partial charge in [0.25, 0.3) is 10.0 Å². The summed E-state index contributed by atoms with van der Waals surface area (Å²) >= 11 is 4.81. The lowest BCUT2D eigenvalue weighted by molar-refractivity contribution is 0.595. The molecule has 0 unspecified atom stereocenters. The van der Waals surface area contributed by atoms with Crippen LogP contribution in [0.15, 0.2) is 38.1 Å². The summed E-state index contributed by atoms with van der Waals surface area (Å²) in [5, 5.41) is 1.78. The van der Waals surface area contributed by atoms with Gasteiger partial charge in [0.1, 0.15) is 4.90 Å². The van der Waals surface area contributed by atoms with E-state index in [4.69, 9.17) is 0 Å². The normalized spacial score (nSPS) is 17.2. The summed E-state index contributed by atoms with van der Waals surface area (Å²) in [6, 6.07) is 3.68. The van der Waals surface area contributed by atoms with E-state index in [2.05, 4.69) is 43.6 Å². The molecule has 0 fully saturated rings. The Morgan fingerprint density at radius 3 is 3.00 bits per heavy atom. The summed E-state index contributed by atoms with van der Waals surface area (Å²) in [6.07, 6.45) is 4.58. The summed E-state index contributed by atoms with van der Waals surface area (Å²) in [6.45, 7) is 2.66. The van der Waals surface area contributed by atoms with Crippen molar-refractivity contribution >= 4 is 43.1 Å². The van der Waals surface area contributed by atoms with Crippen LogP contribution in [0.3, 0.4) is 0 Å². The molecule has 0 aliphatic carbocycles. The number of hydrogen-bond donors (Lipinski definition) is 1. The van der Waals surface area contributed by atoms with Crippen molar-refractivity contribution in [1.29, 1.82) is 0 Å². The Balaban J connectivity index is 1.55. The number of pyridine rings is 1. The molecule has 3 heterocycles. The standard InChI is InChI=1S/C15H16BrN3O2S2/c1-10-8-11(16)9-18-12(10)4-2-3-6-17-15-14-13(5-7-22-14)23(20,21)19-15/h5,7-9H,2-4,6H2,1H3,(H,17,19). The molecule has 1 aliphatic heterocycles. The molecule has 0 atom stereocenters. The van der Waals surface area contributed by atoms with Crippen LogP contribution in [-0.2, 0) is 16.4 Å². The van der Waals surface area contributed by atoms with Gasteiger partial charge in [-0.25, -0.2) is 8.42 Å². The average molecular weight is 414 g/mol. The first kappa shape index (κ1) is 16.6. The van der Waals surface area contributed by atoms with Crippen LogP contribution in [0.4, 0.5) is 0 Å². The summed E-state index contributed by atoms with van der Waals surface area (Å²) < 4.78 is 27.2. The highest BCUT2D eigenvalue weighted by atomic mass is 79.9. The SMILES string of the molecule is Cc1cc(Br)cnc1CCCCN=C1NS(=O)(=O)c2ccsc21. The number of amidine groups is 1. The fraction of sp³-hybridized carbons (Fsp3) is 0.333. The molecule has 2 aromatic rings. The zero-order chi connectivity index (χ0) is 16.4. The number of sulfonamides is 1. The number of aliphatic imine (C=N–C) groups is 1. The molecule has 0 bridgehead atoms. The highest BCUT2D eigenvalue weighted by molar-refractivity contribution is 9.10. The number of nitrogens with zero attached hydrogens (tertiary/aromatic N) is 2. The third-order valence-corrected chi connectivity index (χ3v) is 6.47. The first-order chi connectivity index (χ1) is 11.0. The molecule has 8 heteroatoms. The maximum absolute atomic E-state index is 11.9. The van der Waals surface area contributed by atoms with Crippen LogP contribution in [0, 0.1) is 6.92 Å². The van der Waals surface area contributed by atoms with Crippen LogP contribution in [0.25, 0.3) is 0 Å². The van der Waals surface area contributed by atoms with Crippen LogP contribution in [0.2, 0.25) is 0 Å². The van der Waals surface area contributed by atoms with Crippen molar-refractivity contribution in [2.45, 2.75) is 31.1 Å². The van der Waals surface area contributed by atoms with Gasteiger partial charge in [0.05, 0.1) is 4.88 Å². The van der Waals surface area contributed by atoms with Crippen LogP contribution < -0.4 is 4.72 Å².